The van der Waals surface area contributed by atoms with Crippen molar-refractivity contribution in [3.8, 4) is 11.4 Å². The smallest absolute Gasteiger partial charge is 0.140 e. The number of hydrogen-bond donors (Lipinski definition) is 1. The van der Waals surface area contributed by atoms with E-state index in [-0.39, 0.29) is 0 Å². The van der Waals surface area contributed by atoms with Gasteiger partial charge in [0, 0.05) is 30.4 Å². The summed E-state index contributed by atoms with van der Waals surface area (Å²) in [6.07, 6.45) is 8.07. The zero-order valence-electron chi connectivity index (χ0n) is 16.9. The summed E-state index contributed by atoms with van der Waals surface area (Å²) in [6, 6.07) is 15.2. The van der Waals surface area contributed by atoms with E-state index in [0.717, 1.165) is 46.6 Å². The molecule has 0 aliphatic carbocycles. The molecule has 0 unspecified atom stereocenters. The first-order valence-electron chi connectivity index (χ1n) is 11.0. The van der Waals surface area contributed by atoms with Crippen LogP contribution in [-0.4, -0.2) is 47.1 Å². The quantitative estimate of drug-likeness (QED) is 0.601. The number of nitrogens with zero attached hydrogens (tertiary/aromatic N) is 3. The second kappa shape index (κ2) is 8.37. The molecule has 2 aromatic carbocycles. The van der Waals surface area contributed by atoms with Crippen LogP contribution in [0, 0.1) is 0 Å². The Labute approximate surface area is 177 Å². The lowest BCUT2D eigenvalue weighted by Gasteiger charge is -2.39. The monoisotopic (exact) mass is 408 g/mol. The van der Waals surface area contributed by atoms with E-state index in [0.29, 0.717) is 0 Å². The molecule has 5 rings (SSSR count). The van der Waals surface area contributed by atoms with Crippen LogP contribution in [0.2, 0.25) is 5.02 Å². The van der Waals surface area contributed by atoms with Gasteiger partial charge in [0.1, 0.15) is 5.82 Å². The molecule has 0 atom stereocenters. The first-order valence-corrected chi connectivity index (χ1v) is 11.4. The van der Waals surface area contributed by atoms with Crippen LogP contribution in [0.3, 0.4) is 0 Å². The second-order valence-corrected chi connectivity index (χ2v) is 8.84. The van der Waals surface area contributed by atoms with E-state index < -0.39 is 0 Å². The van der Waals surface area contributed by atoms with E-state index in [1.807, 2.05) is 24.3 Å². The molecular formula is C24H29ClN4. The largest absolute Gasteiger partial charge is 0.371 e. The Morgan fingerprint density at radius 1 is 0.897 bits per heavy atom. The predicted octanol–water partition coefficient (Wildman–Crippen LogP) is 5.73. The lowest BCUT2D eigenvalue weighted by molar-refractivity contribution is 0.175. The van der Waals surface area contributed by atoms with Crippen LogP contribution in [0.1, 0.15) is 38.5 Å². The number of H-pyrrole nitrogens is 1. The standard InChI is InChI=1S/C24H29ClN4/c25-21-10-9-19(17-20(21)24-26-22-7-3-4-8-23(22)27-24)29-15-11-18(12-16-29)28-13-5-1-2-6-14-28/h3-4,7-10,17-18H,1-2,5-6,11-16H2,(H,26,27). The predicted molar refractivity (Wildman–Crippen MR) is 122 cm³/mol. The van der Waals surface area contributed by atoms with Crippen molar-refractivity contribution in [3.05, 3.63) is 47.5 Å². The number of anilines is 1. The molecule has 0 saturated carbocycles. The molecule has 0 spiro atoms. The Kier molecular flexibility index (Phi) is 5.47. The van der Waals surface area contributed by atoms with E-state index in [9.17, 15) is 0 Å². The minimum absolute atomic E-state index is 0.743. The summed E-state index contributed by atoms with van der Waals surface area (Å²) < 4.78 is 0. The van der Waals surface area contributed by atoms with Gasteiger partial charge in [-0.15, -0.1) is 0 Å². The average Bonchev–Trinajstić information content (AvgIpc) is 3.00. The third-order valence-electron chi connectivity index (χ3n) is 6.58. The van der Waals surface area contributed by atoms with Crippen molar-refractivity contribution in [3.63, 3.8) is 0 Å². The van der Waals surface area contributed by atoms with Gasteiger partial charge >= 0.3 is 0 Å². The Morgan fingerprint density at radius 3 is 2.41 bits per heavy atom. The molecule has 5 heteroatoms. The summed E-state index contributed by atoms with van der Waals surface area (Å²) in [4.78, 5) is 13.4. The third kappa shape index (κ3) is 4.01. The number of benzene rings is 2. The Hall–Kier alpha value is -2.04. The zero-order chi connectivity index (χ0) is 19.6. The number of imidazole rings is 1. The fraction of sp³-hybridized carbons (Fsp3) is 0.458. The molecule has 0 radical (unpaired) electrons. The van der Waals surface area contributed by atoms with Gasteiger partial charge in [-0.25, -0.2) is 4.98 Å². The molecule has 1 N–H and O–H groups in total. The molecular weight excluding hydrogens is 380 g/mol. The van der Waals surface area contributed by atoms with Crippen LogP contribution in [-0.2, 0) is 0 Å². The second-order valence-electron chi connectivity index (χ2n) is 8.44. The van der Waals surface area contributed by atoms with Crippen LogP contribution in [0.5, 0.6) is 0 Å². The highest BCUT2D eigenvalue weighted by molar-refractivity contribution is 6.33. The van der Waals surface area contributed by atoms with Crippen molar-refractivity contribution in [1.82, 2.24) is 14.9 Å². The molecule has 2 saturated heterocycles. The molecule has 0 amide bonds. The number of nitrogens with one attached hydrogen (secondary N) is 1. The maximum absolute atomic E-state index is 6.55. The molecule has 1 aromatic heterocycles. The van der Waals surface area contributed by atoms with Crippen molar-refractivity contribution in [2.75, 3.05) is 31.1 Å². The molecule has 152 valence electrons. The van der Waals surface area contributed by atoms with Crippen LogP contribution in [0.4, 0.5) is 5.69 Å². The highest BCUT2D eigenvalue weighted by Gasteiger charge is 2.25. The number of rotatable bonds is 3. The number of aromatic amines is 1. The molecule has 29 heavy (non-hydrogen) atoms. The fourth-order valence-corrected chi connectivity index (χ4v) is 5.13. The van der Waals surface area contributed by atoms with Crippen molar-refractivity contribution >= 4 is 28.3 Å². The van der Waals surface area contributed by atoms with Crippen LogP contribution < -0.4 is 4.90 Å². The van der Waals surface area contributed by atoms with E-state index in [2.05, 4.69) is 33.0 Å². The molecule has 3 aromatic rings. The van der Waals surface area contributed by atoms with Crippen molar-refractivity contribution in [2.24, 2.45) is 0 Å². The summed E-state index contributed by atoms with van der Waals surface area (Å²) in [6.45, 7) is 4.81. The zero-order valence-corrected chi connectivity index (χ0v) is 17.7. The lowest BCUT2D eigenvalue weighted by Crippen LogP contribution is -2.45. The van der Waals surface area contributed by atoms with Crippen molar-refractivity contribution < 1.29 is 0 Å². The van der Waals surface area contributed by atoms with Crippen LogP contribution in [0.25, 0.3) is 22.4 Å². The first kappa shape index (κ1) is 19.0. The van der Waals surface area contributed by atoms with E-state index in [1.165, 1.54) is 57.3 Å². The molecule has 2 fully saturated rings. The number of para-hydroxylation sites is 2. The molecule has 4 nitrogen and oxygen atoms in total. The number of likely N-dealkylation sites (tertiary alicyclic amines) is 1. The summed E-state index contributed by atoms with van der Waals surface area (Å²) in [5, 5.41) is 0.743. The topological polar surface area (TPSA) is 35.2 Å². The highest BCUT2D eigenvalue weighted by Crippen LogP contribution is 2.33. The molecule has 0 bridgehead atoms. The minimum atomic E-state index is 0.743. The fourth-order valence-electron chi connectivity index (χ4n) is 4.92. The first-order chi connectivity index (χ1) is 14.3. The summed E-state index contributed by atoms with van der Waals surface area (Å²) in [7, 11) is 0. The van der Waals surface area contributed by atoms with Gasteiger partial charge in [-0.05, 0) is 69.1 Å². The highest BCUT2D eigenvalue weighted by atomic mass is 35.5. The minimum Gasteiger partial charge on any atom is -0.371 e. The normalized spacial score (nSPS) is 19.6. The van der Waals surface area contributed by atoms with Gasteiger partial charge in [-0.1, -0.05) is 36.6 Å². The van der Waals surface area contributed by atoms with Gasteiger partial charge in [0.2, 0.25) is 0 Å². The summed E-state index contributed by atoms with van der Waals surface area (Å²) >= 11 is 6.55. The van der Waals surface area contributed by atoms with Crippen LogP contribution >= 0.6 is 11.6 Å². The number of fused-ring (bicyclic) bond motifs is 1. The molecule has 2 aliphatic rings. The Morgan fingerprint density at radius 2 is 1.66 bits per heavy atom. The van der Waals surface area contributed by atoms with Crippen molar-refractivity contribution in [2.45, 2.75) is 44.6 Å². The van der Waals surface area contributed by atoms with Gasteiger partial charge in [0.05, 0.1) is 16.1 Å². The van der Waals surface area contributed by atoms with Gasteiger partial charge < -0.3 is 14.8 Å². The number of hydrogen-bond acceptors (Lipinski definition) is 3. The third-order valence-corrected chi connectivity index (χ3v) is 6.91. The lowest BCUT2D eigenvalue weighted by atomic mass is 10.0. The summed E-state index contributed by atoms with van der Waals surface area (Å²) in [5.74, 6) is 0.845. The van der Waals surface area contributed by atoms with E-state index in [4.69, 9.17) is 16.6 Å². The molecule has 3 heterocycles. The Balaban J connectivity index is 1.32. The SMILES string of the molecule is Clc1ccc(N2CCC(N3CCCCCC3)CC2)cc1-c1nc2ccccc2[nH]1. The van der Waals surface area contributed by atoms with E-state index >= 15 is 0 Å². The summed E-state index contributed by atoms with van der Waals surface area (Å²) in [5.41, 5.74) is 4.25. The van der Waals surface area contributed by atoms with Crippen molar-refractivity contribution in [1.29, 1.82) is 0 Å². The number of halogens is 1. The van der Waals surface area contributed by atoms with Gasteiger partial charge in [-0.3, -0.25) is 0 Å². The average molecular weight is 409 g/mol. The molecule has 2 aliphatic heterocycles. The van der Waals surface area contributed by atoms with Gasteiger partial charge in [-0.2, -0.15) is 0 Å². The number of piperidine rings is 1. The number of aromatic nitrogens is 2. The maximum atomic E-state index is 6.55. The maximum Gasteiger partial charge on any atom is 0.140 e. The van der Waals surface area contributed by atoms with Gasteiger partial charge in [0.25, 0.3) is 0 Å². The van der Waals surface area contributed by atoms with Crippen LogP contribution in [0.15, 0.2) is 42.5 Å². The van der Waals surface area contributed by atoms with Gasteiger partial charge in [0.15, 0.2) is 0 Å². The Bertz CT molecular complexity index is 933. The van der Waals surface area contributed by atoms with E-state index in [1.54, 1.807) is 0 Å².